The number of hydrogen-bond donors (Lipinski definition) is 0. The number of benzene rings is 1. The highest BCUT2D eigenvalue weighted by atomic mass is 19.1. The van der Waals surface area contributed by atoms with Crippen molar-refractivity contribution in [2.45, 2.75) is 84.5 Å². The third-order valence-corrected chi connectivity index (χ3v) is 10.0. The van der Waals surface area contributed by atoms with Crippen LogP contribution in [0.5, 0.6) is 17.2 Å². The quantitative estimate of drug-likeness (QED) is 0.311. The van der Waals surface area contributed by atoms with Gasteiger partial charge in [0.1, 0.15) is 29.7 Å². The van der Waals surface area contributed by atoms with E-state index < -0.39 is 5.82 Å². The van der Waals surface area contributed by atoms with E-state index in [4.69, 9.17) is 9.47 Å². The van der Waals surface area contributed by atoms with Gasteiger partial charge in [0.05, 0.1) is 11.8 Å². The van der Waals surface area contributed by atoms with E-state index in [9.17, 15) is 9.18 Å². The van der Waals surface area contributed by atoms with Crippen LogP contribution in [-0.4, -0.2) is 75.5 Å². The number of nitrogens with zero attached hydrogens (tertiary/aromatic N) is 6. The molecule has 4 aliphatic rings. The smallest absolute Gasteiger partial charge is 0.258 e. The van der Waals surface area contributed by atoms with Gasteiger partial charge in [-0.3, -0.25) is 9.78 Å². The molecule has 0 atom stereocenters. The third kappa shape index (κ3) is 5.73. The van der Waals surface area contributed by atoms with Crippen molar-refractivity contribution in [3.63, 3.8) is 0 Å². The number of ether oxygens (including phenoxy) is 2. The Morgan fingerprint density at radius 1 is 1.07 bits per heavy atom. The average molecular weight is 615 g/mol. The molecule has 1 saturated heterocycles. The molecule has 4 heterocycles. The molecule has 1 aromatic carbocycles. The first-order valence-corrected chi connectivity index (χ1v) is 16.2. The summed E-state index contributed by atoms with van der Waals surface area (Å²) in [6.07, 6.45) is 9.95. The van der Waals surface area contributed by atoms with E-state index in [1.54, 1.807) is 6.20 Å². The first kappa shape index (κ1) is 29.9. The molecule has 3 fully saturated rings. The molecule has 0 bridgehead atoms. The molecule has 2 aliphatic heterocycles. The van der Waals surface area contributed by atoms with E-state index in [1.165, 1.54) is 30.1 Å². The van der Waals surface area contributed by atoms with Gasteiger partial charge in [0.2, 0.25) is 0 Å². The SMILES string of the molecule is CC(C)N(C(=O)c1cc(F)ccc1Oc1cncnc1N1CC2(CC(Oc3ccnc4c3CN(C)CC4)C2)C1)C1CC(C)(C)C1. The molecule has 2 aromatic heterocycles. The fourth-order valence-electron chi connectivity index (χ4n) is 7.87. The molecule has 0 N–H and O–H groups in total. The lowest BCUT2D eigenvalue weighted by Gasteiger charge is -2.59. The van der Waals surface area contributed by atoms with Gasteiger partial charge in [-0.05, 0) is 76.3 Å². The fraction of sp³-hybridized carbons (Fsp3) is 0.543. The third-order valence-electron chi connectivity index (χ3n) is 10.0. The Morgan fingerprint density at radius 3 is 2.58 bits per heavy atom. The minimum absolute atomic E-state index is 0.0248. The van der Waals surface area contributed by atoms with Crippen molar-refractivity contribution in [3.05, 3.63) is 65.6 Å². The van der Waals surface area contributed by atoms with Gasteiger partial charge in [0.25, 0.3) is 5.91 Å². The molecule has 0 radical (unpaired) electrons. The molecule has 3 aromatic rings. The van der Waals surface area contributed by atoms with Crippen LogP contribution in [0, 0.1) is 16.6 Å². The number of rotatable bonds is 8. The minimum Gasteiger partial charge on any atom is -0.490 e. The zero-order chi connectivity index (χ0) is 31.5. The normalized spacial score (nSPS) is 20.6. The molecule has 1 spiro atoms. The number of hydrogen-bond acceptors (Lipinski definition) is 8. The number of pyridine rings is 1. The Morgan fingerprint density at radius 2 is 1.84 bits per heavy atom. The highest BCUT2D eigenvalue weighted by Gasteiger charge is 2.54. The number of halogens is 1. The van der Waals surface area contributed by atoms with Crippen molar-refractivity contribution in [1.29, 1.82) is 0 Å². The summed E-state index contributed by atoms with van der Waals surface area (Å²) in [6, 6.07) is 6.24. The van der Waals surface area contributed by atoms with Crippen LogP contribution in [0.25, 0.3) is 0 Å². The van der Waals surface area contributed by atoms with Gasteiger partial charge >= 0.3 is 0 Å². The van der Waals surface area contributed by atoms with Gasteiger partial charge in [-0.2, -0.15) is 0 Å². The number of fused-ring (bicyclic) bond motifs is 1. The topological polar surface area (TPSA) is 83.9 Å². The van der Waals surface area contributed by atoms with Crippen LogP contribution >= 0.6 is 0 Å². The lowest BCUT2D eigenvalue weighted by Crippen LogP contribution is -2.65. The zero-order valence-corrected chi connectivity index (χ0v) is 26.9. The maximum atomic E-state index is 14.5. The number of aromatic nitrogens is 3. The Hall–Kier alpha value is -3.79. The van der Waals surface area contributed by atoms with E-state index in [0.29, 0.717) is 17.3 Å². The molecular weight excluding hydrogens is 571 g/mol. The van der Waals surface area contributed by atoms with Crippen LogP contribution in [0.3, 0.4) is 0 Å². The van der Waals surface area contributed by atoms with Crippen LogP contribution in [0.2, 0.25) is 0 Å². The van der Waals surface area contributed by atoms with Gasteiger partial charge in [-0.1, -0.05) is 13.8 Å². The highest BCUT2D eigenvalue weighted by Crippen LogP contribution is 2.52. The standard InChI is InChI=1S/C35H43FN6O3/c1-22(2)42(24-13-34(3,4)14-24)33(43)26-12-23(36)6-7-29(26)45-31-17-37-21-39-32(31)41-19-35(20-41)15-25(16-35)44-30-8-10-38-28-9-11-40(5)18-27(28)30/h6-8,10,12,17,21-22,24-25H,9,11,13-16,18-20H2,1-5H3. The second-order valence-corrected chi connectivity index (χ2v) is 14.7. The molecule has 2 saturated carbocycles. The van der Waals surface area contributed by atoms with Crippen molar-refractivity contribution in [1.82, 2.24) is 24.8 Å². The van der Waals surface area contributed by atoms with E-state index in [-0.39, 0.29) is 40.5 Å². The molecule has 238 valence electrons. The van der Waals surface area contributed by atoms with Crippen molar-refractivity contribution < 1.29 is 18.7 Å². The molecule has 45 heavy (non-hydrogen) atoms. The highest BCUT2D eigenvalue weighted by molar-refractivity contribution is 5.97. The van der Waals surface area contributed by atoms with Gasteiger partial charge in [-0.15, -0.1) is 0 Å². The van der Waals surface area contributed by atoms with Crippen molar-refractivity contribution in [2.75, 3.05) is 31.6 Å². The molecule has 7 rings (SSSR count). The number of likely N-dealkylation sites (N-methyl/N-ethyl adjacent to an activating group) is 1. The summed E-state index contributed by atoms with van der Waals surface area (Å²) < 4.78 is 27.4. The molecule has 0 unspecified atom stereocenters. The van der Waals surface area contributed by atoms with Crippen LogP contribution < -0.4 is 14.4 Å². The van der Waals surface area contributed by atoms with E-state index >= 15 is 0 Å². The summed E-state index contributed by atoms with van der Waals surface area (Å²) in [6.45, 7) is 12.0. The van der Waals surface area contributed by atoms with Crippen LogP contribution in [0.1, 0.15) is 75.0 Å². The van der Waals surface area contributed by atoms with E-state index in [0.717, 1.165) is 69.7 Å². The zero-order valence-electron chi connectivity index (χ0n) is 26.9. The van der Waals surface area contributed by atoms with E-state index in [1.807, 2.05) is 31.0 Å². The Bertz CT molecular complexity index is 1590. The molecule has 9 nitrogen and oxygen atoms in total. The van der Waals surface area contributed by atoms with Crippen LogP contribution in [0.4, 0.5) is 10.2 Å². The molecular formula is C35H43FN6O3. The molecule has 2 aliphatic carbocycles. The minimum atomic E-state index is -0.474. The monoisotopic (exact) mass is 614 g/mol. The summed E-state index contributed by atoms with van der Waals surface area (Å²) in [5, 5.41) is 0. The van der Waals surface area contributed by atoms with Crippen LogP contribution in [-0.2, 0) is 13.0 Å². The summed E-state index contributed by atoms with van der Waals surface area (Å²) in [5.41, 5.74) is 2.97. The summed E-state index contributed by atoms with van der Waals surface area (Å²) in [5.74, 6) is 1.71. The Kier molecular flexibility index (Phi) is 7.46. The lowest BCUT2D eigenvalue weighted by molar-refractivity contribution is -0.0352. The van der Waals surface area contributed by atoms with Gasteiger partial charge in [0.15, 0.2) is 11.6 Å². The lowest BCUT2D eigenvalue weighted by atomic mass is 9.61. The second kappa shape index (κ2) is 11.2. The van der Waals surface area contributed by atoms with Crippen molar-refractivity contribution in [3.8, 4) is 17.2 Å². The number of amides is 1. The fourth-order valence-corrected chi connectivity index (χ4v) is 7.87. The summed E-state index contributed by atoms with van der Waals surface area (Å²) in [7, 11) is 2.14. The predicted octanol–water partition coefficient (Wildman–Crippen LogP) is 5.88. The predicted molar refractivity (Wildman–Crippen MR) is 169 cm³/mol. The van der Waals surface area contributed by atoms with Gasteiger partial charge < -0.3 is 24.2 Å². The average Bonchev–Trinajstić information content (AvgIpc) is 2.94. The largest absolute Gasteiger partial charge is 0.490 e. The Labute approximate surface area is 264 Å². The second-order valence-electron chi connectivity index (χ2n) is 14.7. The first-order valence-electron chi connectivity index (χ1n) is 16.2. The van der Waals surface area contributed by atoms with Crippen molar-refractivity contribution in [2.24, 2.45) is 10.8 Å². The maximum absolute atomic E-state index is 14.5. The summed E-state index contributed by atoms with van der Waals surface area (Å²) >= 11 is 0. The van der Waals surface area contributed by atoms with E-state index in [2.05, 4.69) is 45.6 Å². The number of carbonyl (C=O) groups excluding carboxylic acids is 1. The number of anilines is 1. The summed E-state index contributed by atoms with van der Waals surface area (Å²) in [4.78, 5) is 33.6. The maximum Gasteiger partial charge on any atom is 0.258 e. The van der Waals surface area contributed by atoms with Crippen LogP contribution in [0.15, 0.2) is 43.0 Å². The molecule has 10 heteroatoms. The van der Waals surface area contributed by atoms with Crippen molar-refractivity contribution >= 4 is 11.7 Å². The molecule has 1 amide bonds. The first-order chi connectivity index (χ1) is 21.5. The Balaban J connectivity index is 1.03. The van der Waals surface area contributed by atoms with Gasteiger partial charge in [0, 0.05) is 67.6 Å². The number of carbonyl (C=O) groups is 1. The van der Waals surface area contributed by atoms with Gasteiger partial charge in [-0.25, -0.2) is 14.4 Å².